The Balaban J connectivity index is 2.37. The van der Waals surface area contributed by atoms with Crippen molar-refractivity contribution in [1.29, 1.82) is 0 Å². The summed E-state index contributed by atoms with van der Waals surface area (Å²) in [6.45, 7) is 1.44. The summed E-state index contributed by atoms with van der Waals surface area (Å²) in [6.07, 6.45) is 0. The van der Waals surface area contributed by atoms with Crippen molar-refractivity contribution in [2.75, 3.05) is 4.72 Å². The molecule has 20 heavy (non-hydrogen) atoms. The van der Waals surface area contributed by atoms with Gasteiger partial charge in [-0.2, -0.15) is 0 Å². The van der Waals surface area contributed by atoms with Crippen LogP contribution < -0.4 is 9.86 Å². The summed E-state index contributed by atoms with van der Waals surface area (Å²) >= 11 is 0.674. The van der Waals surface area contributed by atoms with Gasteiger partial charge in [-0.3, -0.25) is 4.72 Å². The molecule has 0 amide bonds. The van der Waals surface area contributed by atoms with Crippen LogP contribution in [-0.4, -0.2) is 21.8 Å². The van der Waals surface area contributed by atoms with Crippen molar-refractivity contribution in [1.82, 2.24) is 4.98 Å². The van der Waals surface area contributed by atoms with E-state index in [1.165, 1.54) is 19.1 Å². The Bertz CT molecular complexity index is 826. The molecule has 2 rings (SSSR count). The zero-order chi connectivity index (χ0) is 15.0. The Morgan fingerprint density at radius 2 is 1.75 bits per heavy atom. The topological polar surface area (TPSA) is 119 Å². The maximum absolute atomic E-state index is 12.0. The maximum Gasteiger partial charge on any atom is 0.263 e. The van der Waals surface area contributed by atoms with Crippen LogP contribution in [0.3, 0.4) is 0 Å². The Labute approximate surface area is 120 Å². The SMILES string of the molecule is Cc1nc(NS(=O)(=O)c2ccccc2)sc1S(N)(=O)=O. The van der Waals surface area contributed by atoms with Gasteiger partial charge in [0.15, 0.2) is 9.34 Å². The van der Waals surface area contributed by atoms with E-state index in [-0.39, 0.29) is 19.9 Å². The molecule has 1 aromatic carbocycles. The van der Waals surface area contributed by atoms with E-state index in [2.05, 4.69) is 9.71 Å². The van der Waals surface area contributed by atoms with Crippen molar-refractivity contribution in [2.24, 2.45) is 5.14 Å². The average Bonchev–Trinajstić information content (AvgIpc) is 2.70. The van der Waals surface area contributed by atoms with Gasteiger partial charge in [0.05, 0.1) is 10.6 Å². The molecule has 0 atom stereocenters. The lowest BCUT2D eigenvalue weighted by molar-refractivity contribution is 0.598. The molecule has 0 bridgehead atoms. The molecule has 3 N–H and O–H groups in total. The first kappa shape index (κ1) is 14.9. The number of aryl methyl sites for hydroxylation is 1. The zero-order valence-corrected chi connectivity index (χ0v) is 12.7. The molecule has 0 radical (unpaired) electrons. The number of nitrogens with zero attached hydrogens (tertiary/aromatic N) is 1. The molecule has 2 aromatic rings. The van der Waals surface area contributed by atoms with Crippen molar-refractivity contribution in [3.8, 4) is 0 Å². The van der Waals surface area contributed by atoms with Gasteiger partial charge in [-0.25, -0.2) is 27.0 Å². The summed E-state index contributed by atoms with van der Waals surface area (Å²) in [5.74, 6) is 0. The molecule has 0 fully saturated rings. The summed E-state index contributed by atoms with van der Waals surface area (Å²) in [5, 5.41) is 4.97. The number of thiazole rings is 1. The van der Waals surface area contributed by atoms with E-state index in [0.29, 0.717) is 11.3 Å². The fourth-order valence-electron chi connectivity index (χ4n) is 1.46. The third-order valence-corrected chi connectivity index (χ3v) is 6.40. The van der Waals surface area contributed by atoms with Gasteiger partial charge in [0.2, 0.25) is 10.0 Å². The van der Waals surface area contributed by atoms with E-state index in [1.54, 1.807) is 18.2 Å². The fraction of sp³-hybridized carbons (Fsp3) is 0.100. The minimum absolute atomic E-state index is 0.0459. The van der Waals surface area contributed by atoms with Crippen LogP contribution in [0.1, 0.15) is 5.69 Å². The molecule has 7 nitrogen and oxygen atoms in total. The van der Waals surface area contributed by atoms with Gasteiger partial charge in [-0.15, -0.1) is 0 Å². The molecule has 1 heterocycles. The highest BCUT2D eigenvalue weighted by Gasteiger charge is 2.21. The lowest BCUT2D eigenvalue weighted by Crippen LogP contribution is -2.12. The summed E-state index contributed by atoms with van der Waals surface area (Å²) in [7, 11) is -7.71. The number of nitrogens with one attached hydrogen (secondary N) is 1. The van der Waals surface area contributed by atoms with Crippen molar-refractivity contribution in [3.05, 3.63) is 36.0 Å². The number of hydrogen-bond donors (Lipinski definition) is 2. The Hall–Kier alpha value is -1.49. The molecule has 0 saturated carbocycles. The smallest absolute Gasteiger partial charge is 0.255 e. The fourth-order valence-corrected chi connectivity index (χ4v) is 4.58. The van der Waals surface area contributed by atoms with E-state index in [1.807, 2.05) is 0 Å². The minimum Gasteiger partial charge on any atom is -0.255 e. The minimum atomic E-state index is -3.91. The molecule has 10 heteroatoms. The van der Waals surface area contributed by atoms with Crippen LogP contribution in [0, 0.1) is 6.92 Å². The van der Waals surface area contributed by atoms with Gasteiger partial charge in [0.25, 0.3) is 10.0 Å². The average molecular weight is 333 g/mol. The second-order valence-corrected chi connectivity index (χ2v) is 8.29. The van der Waals surface area contributed by atoms with Crippen LogP contribution in [0.15, 0.2) is 39.4 Å². The maximum atomic E-state index is 12.0. The number of benzene rings is 1. The molecule has 0 unspecified atom stereocenters. The highest BCUT2D eigenvalue weighted by Crippen LogP contribution is 2.27. The molecule has 108 valence electrons. The van der Waals surface area contributed by atoms with Crippen LogP contribution in [0.4, 0.5) is 5.13 Å². The first-order chi connectivity index (χ1) is 9.20. The number of sulfonamides is 2. The molecule has 0 saturated heterocycles. The predicted molar refractivity (Wildman–Crippen MR) is 75.5 cm³/mol. The Morgan fingerprint density at radius 3 is 2.25 bits per heavy atom. The highest BCUT2D eigenvalue weighted by atomic mass is 32.2. The van der Waals surface area contributed by atoms with Gasteiger partial charge >= 0.3 is 0 Å². The van der Waals surface area contributed by atoms with Crippen molar-refractivity contribution in [3.63, 3.8) is 0 Å². The molecule has 1 aromatic heterocycles. The highest BCUT2D eigenvalue weighted by molar-refractivity contribution is 7.93. The summed E-state index contributed by atoms with van der Waals surface area (Å²) < 4.78 is 48.7. The number of anilines is 1. The van der Waals surface area contributed by atoms with Crippen LogP contribution >= 0.6 is 11.3 Å². The van der Waals surface area contributed by atoms with Crippen LogP contribution in [0.5, 0.6) is 0 Å². The van der Waals surface area contributed by atoms with Gasteiger partial charge in [-0.05, 0) is 19.1 Å². The molecule has 0 spiro atoms. The van der Waals surface area contributed by atoms with E-state index in [4.69, 9.17) is 5.14 Å². The lowest BCUT2D eigenvalue weighted by Gasteiger charge is -2.04. The van der Waals surface area contributed by atoms with Gasteiger partial charge < -0.3 is 0 Å². The predicted octanol–water partition coefficient (Wildman–Crippen LogP) is 0.900. The van der Waals surface area contributed by atoms with E-state index in [9.17, 15) is 16.8 Å². The van der Waals surface area contributed by atoms with Crippen molar-refractivity contribution in [2.45, 2.75) is 16.0 Å². The first-order valence-electron chi connectivity index (χ1n) is 5.28. The summed E-state index contributed by atoms with van der Waals surface area (Å²) in [4.78, 5) is 3.92. The number of rotatable bonds is 4. The first-order valence-corrected chi connectivity index (χ1v) is 9.13. The van der Waals surface area contributed by atoms with Crippen LogP contribution in [-0.2, 0) is 20.0 Å². The second kappa shape index (κ2) is 5.13. The van der Waals surface area contributed by atoms with Gasteiger partial charge in [-0.1, -0.05) is 29.5 Å². The third-order valence-electron chi connectivity index (χ3n) is 2.29. The molecular formula is C10H11N3O4S3. The lowest BCUT2D eigenvalue weighted by atomic mass is 10.4. The normalized spacial score (nSPS) is 12.3. The Morgan fingerprint density at radius 1 is 1.15 bits per heavy atom. The number of hydrogen-bond acceptors (Lipinski definition) is 6. The van der Waals surface area contributed by atoms with E-state index < -0.39 is 20.0 Å². The standard InChI is InChI=1S/C10H11N3O4S3/c1-7-9(19(11,14)15)18-10(12-7)13-20(16,17)8-5-3-2-4-6-8/h2-6H,1H3,(H,12,13)(H2,11,14,15). The summed E-state index contributed by atoms with van der Waals surface area (Å²) in [5.41, 5.74) is 0.156. The summed E-state index contributed by atoms with van der Waals surface area (Å²) in [6, 6.07) is 7.69. The number of nitrogens with two attached hydrogens (primary N) is 1. The van der Waals surface area contributed by atoms with Crippen LogP contribution in [0.25, 0.3) is 0 Å². The van der Waals surface area contributed by atoms with E-state index >= 15 is 0 Å². The quantitative estimate of drug-likeness (QED) is 0.861. The van der Waals surface area contributed by atoms with Crippen LogP contribution in [0.2, 0.25) is 0 Å². The van der Waals surface area contributed by atoms with Gasteiger partial charge in [0, 0.05) is 0 Å². The molecule has 0 aliphatic carbocycles. The van der Waals surface area contributed by atoms with Crippen molar-refractivity contribution >= 4 is 36.5 Å². The third kappa shape index (κ3) is 3.15. The number of primary sulfonamides is 1. The second-order valence-electron chi connectivity index (χ2n) is 3.86. The zero-order valence-electron chi connectivity index (χ0n) is 10.3. The van der Waals surface area contributed by atoms with Crippen molar-refractivity contribution < 1.29 is 16.8 Å². The molecular weight excluding hydrogens is 322 g/mol. The Kier molecular flexibility index (Phi) is 3.82. The molecule has 0 aliphatic rings. The van der Waals surface area contributed by atoms with Gasteiger partial charge in [0.1, 0.15) is 0 Å². The largest absolute Gasteiger partial charge is 0.263 e. The number of aromatic nitrogens is 1. The molecule has 0 aliphatic heterocycles. The monoisotopic (exact) mass is 333 g/mol. The van der Waals surface area contributed by atoms with E-state index in [0.717, 1.165) is 0 Å².